The third-order valence-corrected chi connectivity index (χ3v) is 6.88. The van der Waals surface area contributed by atoms with Gasteiger partial charge in [0, 0.05) is 18.4 Å². The van der Waals surface area contributed by atoms with Crippen molar-refractivity contribution in [2.24, 2.45) is 28.9 Å². The lowest BCUT2D eigenvalue weighted by Gasteiger charge is -2.55. The van der Waals surface area contributed by atoms with E-state index in [1.54, 1.807) is 24.3 Å². The SMILES string of the molecule is NC(=O)C(NC(=O)CCNC(=O)C12CC3CC(CC(C3)C1)C2)c1ccccc1. The number of carbonyl (C=O) groups is 3. The Kier molecular flexibility index (Phi) is 5.13. The smallest absolute Gasteiger partial charge is 0.244 e. The van der Waals surface area contributed by atoms with Gasteiger partial charge >= 0.3 is 0 Å². The fourth-order valence-electron chi connectivity index (χ4n) is 6.06. The molecule has 4 bridgehead atoms. The van der Waals surface area contributed by atoms with Crippen LogP contribution < -0.4 is 16.4 Å². The molecule has 1 aromatic carbocycles. The summed E-state index contributed by atoms with van der Waals surface area (Å²) in [5.74, 6) is 1.36. The molecular formula is C22H29N3O3. The van der Waals surface area contributed by atoms with E-state index >= 15 is 0 Å². The second-order valence-electron chi connectivity index (χ2n) is 9.02. The highest BCUT2D eigenvalue weighted by molar-refractivity contribution is 5.88. The van der Waals surface area contributed by atoms with E-state index in [0.29, 0.717) is 23.3 Å². The molecule has 0 aromatic heterocycles. The Morgan fingerprint density at radius 2 is 1.57 bits per heavy atom. The fraction of sp³-hybridized carbons (Fsp3) is 0.591. The van der Waals surface area contributed by atoms with E-state index in [1.807, 2.05) is 6.07 Å². The van der Waals surface area contributed by atoms with Gasteiger partial charge in [-0.2, -0.15) is 0 Å². The van der Waals surface area contributed by atoms with Crippen LogP contribution in [0.25, 0.3) is 0 Å². The minimum Gasteiger partial charge on any atom is -0.368 e. The van der Waals surface area contributed by atoms with Crippen molar-refractivity contribution in [3.05, 3.63) is 35.9 Å². The van der Waals surface area contributed by atoms with E-state index in [4.69, 9.17) is 5.73 Å². The van der Waals surface area contributed by atoms with Crippen LogP contribution in [-0.4, -0.2) is 24.3 Å². The van der Waals surface area contributed by atoms with Crippen LogP contribution in [0.5, 0.6) is 0 Å². The van der Waals surface area contributed by atoms with E-state index < -0.39 is 11.9 Å². The molecule has 0 aliphatic heterocycles. The zero-order valence-corrected chi connectivity index (χ0v) is 16.2. The lowest BCUT2D eigenvalue weighted by atomic mass is 9.49. The Bertz CT molecular complexity index is 726. The monoisotopic (exact) mass is 383 g/mol. The third-order valence-electron chi connectivity index (χ3n) is 6.88. The number of nitrogens with two attached hydrogens (primary N) is 1. The van der Waals surface area contributed by atoms with E-state index in [9.17, 15) is 14.4 Å². The van der Waals surface area contributed by atoms with Crippen LogP contribution in [0.15, 0.2) is 30.3 Å². The molecule has 4 aliphatic rings. The standard InChI is InChI=1S/C22H29N3O3/c23-20(27)19(17-4-2-1-3-5-17)25-18(26)6-7-24-21(28)22-11-14-8-15(12-22)10-16(9-14)13-22/h1-5,14-16,19H,6-13H2,(H2,23,27)(H,24,28)(H,25,26). The first kappa shape index (κ1) is 19.0. The van der Waals surface area contributed by atoms with Gasteiger partial charge in [0.25, 0.3) is 0 Å². The van der Waals surface area contributed by atoms with Gasteiger partial charge in [-0.3, -0.25) is 14.4 Å². The lowest BCUT2D eigenvalue weighted by molar-refractivity contribution is -0.146. The highest BCUT2D eigenvalue weighted by Crippen LogP contribution is 2.60. The van der Waals surface area contributed by atoms with Gasteiger partial charge in [0.15, 0.2) is 0 Å². The quantitative estimate of drug-likeness (QED) is 0.672. The van der Waals surface area contributed by atoms with Gasteiger partial charge < -0.3 is 16.4 Å². The zero-order chi connectivity index (χ0) is 19.7. The van der Waals surface area contributed by atoms with Gasteiger partial charge in [0.1, 0.15) is 6.04 Å². The van der Waals surface area contributed by atoms with Crippen LogP contribution in [-0.2, 0) is 14.4 Å². The average Bonchev–Trinajstić information content (AvgIpc) is 2.65. The van der Waals surface area contributed by atoms with Gasteiger partial charge in [-0.15, -0.1) is 0 Å². The first-order valence-electron chi connectivity index (χ1n) is 10.4. The van der Waals surface area contributed by atoms with Crippen LogP contribution >= 0.6 is 0 Å². The minimum absolute atomic E-state index is 0.119. The minimum atomic E-state index is -0.854. The van der Waals surface area contributed by atoms with E-state index in [2.05, 4.69) is 10.6 Å². The molecule has 0 radical (unpaired) electrons. The summed E-state index contributed by atoms with van der Waals surface area (Å²) < 4.78 is 0. The summed E-state index contributed by atoms with van der Waals surface area (Å²) in [6.45, 7) is 0.284. The Hall–Kier alpha value is -2.37. The molecule has 3 amide bonds. The average molecular weight is 383 g/mol. The Morgan fingerprint density at radius 1 is 1.00 bits per heavy atom. The second kappa shape index (κ2) is 7.57. The Morgan fingerprint density at radius 3 is 2.11 bits per heavy atom. The zero-order valence-electron chi connectivity index (χ0n) is 16.2. The first-order valence-corrected chi connectivity index (χ1v) is 10.4. The van der Waals surface area contributed by atoms with Crippen molar-refractivity contribution in [2.45, 2.75) is 51.0 Å². The molecule has 0 saturated heterocycles. The summed E-state index contributed by atoms with van der Waals surface area (Å²) in [5, 5.41) is 5.67. The van der Waals surface area contributed by atoms with Crippen LogP contribution in [0.3, 0.4) is 0 Å². The van der Waals surface area contributed by atoms with Crippen molar-refractivity contribution in [1.82, 2.24) is 10.6 Å². The number of benzene rings is 1. The molecular weight excluding hydrogens is 354 g/mol. The predicted octanol–water partition coefficient (Wildman–Crippen LogP) is 2.05. The summed E-state index contributed by atoms with van der Waals surface area (Å²) >= 11 is 0. The summed E-state index contributed by atoms with van der Waals surface area (Å²) in [7, 11) is 0. The van der Waals surface area contributed by atoms with Gasteiger partial charge in [0.05, 0.1) is 0 Å². The first-order chi connectivity index (χ1) is 13.4. The van der Waals surface area contributed by atoms with Crippen molar-refractivity contribution < 1.29 is 14.4 Å². The predicted molar refractivity (Wildman–Crippen MR) is 105 cm³/mol. The molecule has 1 aromatic rings. The molecule has 150 valence electrons. The highest BCUT2D eigenvalue weighted by atomic mass is 16.2. The summed E-state index contributed by atoms with van der Waals surface area (Å²) in [5.41, 5.74) is 5.89. The maximum absolute atomic E-state index is 12.9. The Labute approximate surface area is 165 Å². The molecule has 0 heterocycles. The van der Waals surface area contributed by atoms with E-state index in [-0.39, 0.29) is 30.2 Å². The van der Waals surface area contributed by atoms with Crippen molar-refractivity contribution in [3.63, 3.8) is 0 Å². The van der Waals surface area contributed by atoms with E-state index in [0.717, 1.165) is 19.3 Å². The molecule has 4 N–H and O–H groups in total. The van der Waals surface area contributed by atoms with E-state index in [1.165, 1.54) is 19.3 Å². The molecule has 1 unspecified atom stereocenters. The van der Waals surface area contributed by atoms with Crippen LogP contribution in [0.2, 0.25) is 0 Å². The molecule has 6 heteroatoms. The maximum atomic E-state index is 12.9. The number of hydrogen-bond acceptors (Lipinski definition) is 3. The molecule has 0 spiro atoms. The van der Waals surface area contributed by atoms with Crippen LogP contribution in [0, 0.1) is 23.2 Å². The van der Waals surface area contributed by atoms with Crippen LogP contribution in [0.4, 0.5) is 0 Å². The van der Waals surface area contributed by atoms with Crippen molar-refractivity contribution in [1.29, 1.82) is 0 Å². The summed E-state index contributed by atoms with van der Waals surface area (Å²) in [6.07, 6.45) is 7.04. The molecule has 1 atom stereocenters. The second-order valence-corrected chi connectivity index (χ2v) is 9.02. The van der Waals surface area contributed by atoms with Gasteiger partial charge in [0.2, 0.25) is 17.7 Å². The molecule has 5 rings (SSSR count). The van der Waals surface area contributed by atoms with Crippen molar-refractivity contribution >= 4 is 17.7 Å². The number of amides is 3. The van der Waals surface area contributed by atoms with Gasteiger partial charge in [-0.25, -0.2) is 0 Å². The third kappa shape index (κ3) is 3.77. The van der Waals surface area contributed by atoms with Crippen LogP contribution in [0.1, 0.15) is 56.6 Å². The highest BCUT2D eigenvalue weighted by Gasteiger charge is 2.54. The number of hydrogen-bond donors (Lipinski definition) is 3. The number of nitrogens with one attached hydrogen (secondary N) is 2. The molecule has 28 heavy (non-hydrogen) atoms. The molecule has 4 fully saturated rings. The summed E-state index contributed by atoms with van der Waals surface area (Å²) in [4.78, 5) is 36.9. The van der Waals surface area contributed by atoms with Crippen molar-refractivity contribution in [2.75, 3.05) is 6.54 Å². The van der Waals surface area contributed by atoms with Gasteiger partial charge in [-0.05, 0) is 61.8 Å². The molecule has 6 nitrogen and oxygen atoms in total. The molecule has 4 saturated carbocycles. The van der Waals surface area contributed by atoms with Gasteiger partial charge in [-0.1, -0.05) is 30.3 Å². The Balaban J connectivity index is 1.28. The number of carbonyl (C=O) groups excluding carboxylic acids is 3. The number of rotatable bonds is 7. The maximum Gasteiger partial charge on any atom is 0.244 e. The largest absolute Gasteiger partial charge is 0.368 e. The molecule has 4 aliphatic carbocycles. The number of primary amides is 1. The normalized spacial score (nSPS) is 31.2. The topological polar surface area (TPSA) is 101 Å². The van der Waals surface area contributed by atoms with Crippen molar-refractivity contribution in [3.8, 4) is 0 Å². The fourth-order valence-corrected chi connectivity index (χ4v) is 6.06. The summed E-state index contributed by atoms with van der Waals surface area (Å²) in [6, 6.07) is 8.08. The lowest BCUT2D eigenvalue weighted by Crippen LogP contribution is -2.53.